The molecule has 3 unspecified atom stereocenters. The van der Waals surface area contributed by atoms with E-state index < -0.39 is 26.6 Å². The number of amides is 1. The molecule has 1 amide bonds. The number of phosphoric acid groups is 1. The second-order valence-electron chi connectivity index (χ2n) is 24.2. The molecular weight excluding hydrogens is 984 g/mol. The lowest BCUT2D eigenvalue weighted by Gasteiger charge is -2.29. The van der Waals surface area contributed by atoms with Crippen molar-refractivity contribution in [3.05, 3.63) is 60.8 Å². The van der Waals surface area contributed by atoms with E-state index in [4.69, 9.17) is 9.05 Å². The first-order valence-corrected chi connectivity index (χ1v) is 35.1. The van der Waals surface area contributed by atoms with Crippen LogP contribution in [-0.4, -0.2) is 68.5 Å². The van der Waals surface area contributed by atoms with Crippen molar-refractivity contribution in [3.63, 3.8) is 0 Å². The maximum atomic E-state index is 13.0. The van der Waals surface area contributed by atoms with Gasteiger partial charge in [-0.25, -0.2) is 0 Å². The van der Waals surface area contributed by atoms with Crippen molar-refractivity contribution in [2.45, 2.75) is 334 Å². The molecule has 0 aliphatic rings. The fourth-order valence-corrected chi connectivity index (χ4v) is 10.6. The number of likely N-dealkylation sites (N-methyl/N-ethyl adjacent to an activating group) is 1. The molecule has 0 aromatic rings. The van der Waals surface area contributed by atoms with Crippen LogP contribution < -0.4 is 10.2 Å². The molecule has 0 saturated heterocycles. The van der Waals surface area contributed by atoms with E-state index in [-0.39, 0.29) is 12.5 Å². The fourth-order valence-electron chi connectivity index (χ4n) is 9.92. The standard InChI is InChI=1S/C69H131N2O6P/c1-6-8-10-12-14-16-18-20-22-24-26-28-30-32-33-34-35-36-37-39-40-42-44-46-48-50-52-54-56-58-60-62-68(72)67(66-77-78(74,75)76-65-64-71(3,4)5)70-69(73)63-61-59-57-55-53-51-49-47-45-43-41-38-31-29-27-25-23-21-19-17-15-13-11-9-7-2/h19,21,25,27,44,46,52,54,60,62,67-68,72H,6-18,20,22-24,26,28-43,45,47-51,53,55-59,61,63-66H2,1-5H3,(H-,70,73,74,75)/b21-19-,27-25-,46-44+,54-52+,62-60+. The van der Waals surface area contributed by atoms with Crippen LogP contribution in [0.4, 0.5) is 0 Å². The zero-order valence-corrected chi connectivity index (χ0v) is 53.3. The molecule has 0 saturated carbocycles. The SMILES string of the molecule is CCCCCCC/C=C\C/C=C\CCCCCCCCCCCCCCCC(=O)NC(COP(=O)([O-])OCC[N+](C)(C)C)C(O)/C=C/CC/C=C/CC/C=C/CCCCCCCCCCCCCCCCCCCCCCC. The van der Waals surface area contributed by atoms with E-state index in [1.807, 2.05) is 27.2 Å². The van der Waals surface area contributed by atoms with Gasteiger partial charge in [-0.3, -0.25) is 9.36 Å². The maximum absolute atomic E-state index is 13.0. The van der Waals surface area contributed by atoms with Gasteiger partial charge in [0, 0.05) is 6.42 Å². The van der Waals surface area contributed by atoms with Crippen LogP contribution in [0.5, 0.6) is 0 Å². The predicted molar refractivity (Wildman–Crippen MR) is 339 cm³/mol. The van der Waals surface area contributed by atoms with Crippen molar-refractivity contribution in [1.29, 1.82) is 0 Å². The van der Waals surface area contributed by atoms with E-state index in [0.29, 0.717) is 17.4 Å². The van der Waals surface area contributed by atoms with Crippen LogP contribution in [0.15, 0.2) is 60.8 Å². The number of quaternary nitrogens is 1. The average Bonchev–Trinajstić information content (AvgIpc) is 3.41. The Bertz CT molecular complexity index is 1450. The largest absolute Gasteiger partial charge is 0.756 e. The highest BCUT2D eigenvalue weighted by Crippen LogP contribution is 2.38. The lowest BCUT2D eigenvalue weighted by Crippen LogP contribution is -2.45. The van der Waals surface area contributed by atoms with Crippen LogP contribution in [0, 0.1) is 0 Å². The van der Waals surface area contributed by atoms with Gasteiger partial charge in [-0.15, -0.1) is 0 Å². The Kier molecular flexibility index (Phi) is 58.4. The van der Waals surface area contributed by atoms with E-state index >= 15 is 0 Å². The van der Waals surface area contributed by atoms with Gasteiger partial charge in [0.2, 0.25) is 5.91 Å². The molecule has 0 aliphatic carbocycles. The number of nitrogens with one attached hydrogen (secondary N) is 1. The van der Waals surface area contributed by atoms with E-state index in [1.54, 1.807) is 6.08 Å². The Balaban J connectivity index is 4.16. The van der Waals surface area contributed by atoms with Crippen LogP contribution in [0.2, 0.25) is 0 Å². The third-order valence-corrected chi connectivity index (χ3v) is 16.1. The van der Waals surface area contributed by atoms with E-state index in [0.717, 1.165) is 51.4 Å². The number of unbranched alkanes of at least 4 members (excludes halogenated alkanes) is 41. The summed E-state index contributed by atoms with van der Waals surface area (Å²) in [7, 11) is 1.24. The Labute approximate surface area is 485 Å². The second-order valence-corrected chi connectivity index (χ2v) is 25.6. The molecule has 0 heterocycles. The van der Waals surface area contributed by atoms with Crippen molar-refractivity contribution in [2.24, 2.45) is 0 Å². The van der Waals surface area contributed by atoms with Crippen LogP contribution in [0.1, 0.15) is 322 Å². The number of hydrogen-bond acceptors (Lipinski definition) is 6. The Morgan fingerprint density at radius 3 is 1.12 bits per heavy atom. The number of nitrogens with zero attached hydrogens (tertiary/aromatic N) is 1. The zero-order chi connectivity index (χ0) is 57.0. The number of carbonyl (C=O) groups is 1. The number of hydrogen-bond donors (Lipinski definition) is 2. The maximum Gasteiger partial charge on any atom is 0.268 e. The molecule has 2 N–H and O–H groups in total. The number of aliphatic hydroxyl groups is 1. The van der Waals surface area contributed by atoms with E-state index in [1.165, 1.54) is 250 Å². The molecule has 0 bridgehead atoms. The quantitative estimate of drug-likeness (QED) is 0.0272. The van der Waals surface area contributed by atoms with Gasteiger partial charge in [0.1, 0.15) is 13.2 Å². The summed E-state index contributed by atoms with van der Waals surface area (Å²) in [6.07, 6.45) is 82.0. The minimum absolute atomic E-state index is 0.0101. The Hall–Kier alpha value is -1.80. The summed E-state index contributed by atoms with van der Waals surface area (Å²) < 4.78 is 23.4. The number of carbonyl (C=O) groups excluding carboxylic acids is 1. The molecule has 78 heavy (non-hydrogen) atoms. The summed E-state index contributed by atoms with van der Waals surface area (Å²) in [6.45, 7) is 4.65. The lowest BCUT2D eigenvalue weighted by molar-refractivity contribution is -0.870. The molecule has 0 aromatic heterocycles. The zero-order valence-electron chi connectivity index (χ0n) is 52.4. The highest BCUT2D eigenvalue weighted by Gasteiger charge is 2.23. The molecule has 3 atom stereocenters. The van der Waals surface area contributed by atoms with Crippen LogP contribution in [0.3, 0.4) is 0 Å². The molecule has 8 nitrogen and oxygen atoms in total. The number of rotatable bonds is 62. The van der Waals surface area contributed by atoms with Crippen molar-refractivity contribution in [3.8, 4) is 0 Å². The van der Waals surface area contributed by atoms with Crippen LogP contribution in [-0.2, 0) is 18.4 Å². The summed E-state index contributed by atoms with van der Waals surface area (Å²) in [5.74, 6) is -0.210. The van der Waals surface area contributed by atoms with Crippen molar-refractivity contribution < 1.29 is 32.9 Å². The number of aliphatic hydroxyl groups excluding tert-OH is 1. The van der Waals surface area contributed by atoms with Crippen molar-refractivity contribution in [2.75, 3.05) is 40.9 Å². The Morgan fingerprint density at radius 2 is 0.756 bits per heavy atom. The van der Waals surface area contributed by atoms with E-state index in [9.17, 15) is 19.4 Å². The Morgan fingerprint density at radius 1 is 0.449 bits per heavy atom. The normalized spacial score (nSPS) is 14.1. The molecule has 458 valence electrons. The van der Waals surface area contributed by atoms with Gasteiger partial charge >= 0.3 is 0 Å². The first kappa shape index (κ1) is 76.2. The topological polar surface area (TPSA) is 108 Å². The van der Waals surface area contributed by atoms with Crippen LogP contribution >= 0.6 is 7.82 Å². The first-order chi connectivity index (χ1) is 38.0. The minimum Gasteiger partial charge on any atom is -0.756 e. The van der Waals surface area contributed by atoms with Gasteiger partial charge in [-0.2, -0.15) is 0 Å². The van der Waals surface area contributed by atoms with Crippen molar-refractivity contribution in [1.82, 2.24) is 5.32 Å². The predicted octanol–water partition coefficient (Wildman–Crippen LogP) is 20.6. The number of phosphoric ester groups is 1. The lowest BCUT2D eigenvalue weighted by atomic mass is 10.0. The summed E-state index contributed by atoms with van der Waals surface area (Å²) >= 11 is 0. The smallest absolute Gasteiger partial charge is 0.268 e. The van der Waals surface area contributed by atoms with Gasteiger partial charge in [0.25, 0.3) is 7.82 Å². The van der Waals surface area contributed by atoms with Gasteiger partial charge in [-0.05, 0) is 77.0 Å². The average molecular weight is 1120 g/mol. The molecule has 0 aliphatic heterocycles. The van der Waals surface area contributed by atoms with Crippen LogP contribution in [0.25, 0.3) is 0 Å². The van der Waals surface area contributed by atoms with Gasteiger partial charge < -0.3 is 28.8 Å². The van der Waals surface area contributed by atoms with Gasteiger partial charge in [0.15, 0.2) is 0 Å². The third-order valence-electron chi connectivity index (χ3n) is 15.2. The highest BCUT2D eigenvalue weighted by atomic mass is 31.2. The molecular formula is C69H131N2O6P. The van der Waals surface area contributed by atoms with Crippen molar-refractivity contribution >= 4 is 13.7 Å². The molecule has 0 rings (SSSR count). The van der Waals surface area contributed by atoms with Gasteiger partial charge in [0.05, 0.1) is 39.9 Å². The second kappa shape index (κ2) is 59.8. The fraction of sp³-hybridized carbons (Fsp3) is 0.841. The van der Waals surface area contributed by atoms with E-state index in [2.05, 4.69) is 67.8 Å². The summed E-state index contributed by atoms with van der Waals surface area (Å²) in [5, 5.41) is 13.9. The van der Waals surface area contributed by atoms with Gasteiger partial charge in [-0.1, -0.05) is 299 Å². The third kappa shape index (κ3) is 61.8. The summed E-state index contributed by atoms with van der Waals surface area (Å²) in [5.41, 5.74) is 0. The molecule has 0 fully saturated rings. The molecule has 9 heteroatoms. The highest BCUT2D eigenvalue weighted by molar-refractivity contribution is 7.45. The number of allylic oxidation sites excluding steroid dienone is 9. The first-order valence-electron chi connectivity index (χ1n) is 33.7. The monoisotopic (exact) mass is 1110 g/mol. The summed E-state index contributed by atoms with van der Waals surface area (Å²) in [4.78, 5) is 25.6. The summed E-state index contributed by atoms with van der Waals surface area (Å²) in [6, 6.07) is -0.914. The molecule has 0 aromatic carbocycles. The molecule has 0 spiro atoms. The minimum atomic E-state index is -4.62. The molecule has 0 radical (unpaired) electrons.